The standard InChI is InChI=1S/C19H17FN2O4S2/c1-2-26-16(24)9-13(23)11-28-19-21-15-7-8-27-17(15)18(25)22(19)10-12-5-3-4-6-14(12)20/h3-8H,2,9-11H2,1H3. The zero-order valence-electron chi connectivity index (χ0n) is 15.0. The van der Waals surface area contributed by atoms with Gasteiger partial charge in [-0.3, -0.25) is 19.0 Å². The third-order valence-corrected chi connectivity index (χ3v) is 5.75. The molecule has 3 rings (SSSR count). The second kappa shape index (κ2) is 9.11. The second-order valence-corrected chi connectivity index (χ2v) is 7.68. The van der Waals surface area contributed by atoms with Gasteiger partial charge in [-0.05, 0) is 24.4 Å². The summed E-state index contributed by atoms with van der Waals surface area (Å²) in [5, 5.41) is 2.06. The molecule has 3 aromatic rings. The predicted molar refractivity (Wildman–Crippen MR) is 106 cm³/mol. The van der Waals surface area contributed by atoms with Crippen LogP contribution in [0.4, 0.5) is 4.39 Å². The second-order valence-electron chi connectivity index (χ2n) is 5.82. The molecule has 9 heteroatoms. The number of hydrogen-bond acceptors (Lipinski definition) is 7. The number of hydrogen-bond donors (Lipinski definition) is 0. The van der Waals surface area contributed by atoms with E-state index in [2.05, 4.69) is 4.98 Å². The third-order valence-electron chi connectivity index (χ3n) is 3.83. The minimum absolute atomic E-state index is 0.000741. The van der Waals surface area contributed by atoms with Crippen LogP contribution in [0.5, 0.6) is 0 Å². The van der Waals surface area contributed by atoms with E-state index in [1.807, 2.05) is 0 Å². The van der Waals surface area contributed by atoms with Crippen molar-refractivity contribution >= 4 is 45.1 Å². The van der Waals surface area contributed by atoms with Crippen LogP contribution >= 0.6 is 23.1 Å². The Bertz CT molecular complexity index is 1080. The number of halogens is 1. The molecule has 0 saturated heterocycles. The average molecular weight is 420 g/mol. The molecule has 0 radical (unpaired) electrons. The van der Waals surface area contributed by atoms with Crippen LogP contribution in [0.1, 0.15) is 18.9 Å². The highest BCUT2D eigenvalue weighted by Gasteiger charge is 2.17. The monoisotopic (exact) mass is 420 g/mol. The van der Waals surface area contributed by atoms with Crippen molar-refractivity contribution in [1.82, 2.24) is 9.55 Å². The molecule has 0 saturated carbocycles. The van der Waals surface area contributed by atoms with Gasteiger partial charge in [-0.1, -0.05) is 30.0 Å². The highest BCUT2D eigenvalue weighted by atomic mass is 32.2. The van der Waals surface area contributed by atoms with Gasteiger partial charge in [0, 0.05) is 5.56 Å². The fourth-order valence-electron chi connectivity index (χ4n) is 2.54. The van der Waals surface area contributed by atoms with Gasteiger partial charge in [-0.25, -0.2) is 9.37 Å². The van der Waals surface area contributed by atoms with Crippen molar-refractivity contribution in [2.45, 2.75) is 25.0 Å². The highest BCUT2D eigenvalue weighted by Crippen LogP contribution is 2.22. The van der Waals surface area contributed by atoms with Crippen molar-refractivity contribution in [3.8, 4) is 0 Å². The summed E-state index contributed by atoms with van der Waals surface area (Å²) in [6, 6.07) is 7.91. The number of carbonyl (C=O) groups is 2. The van der Waals surface area contributed by atoms with E-state index in [1.165, 1.54) is 22.0 Å². The number of ether oxygens (including phenoxy) is 1. The van der Waals surface area contributed by atoms with Crippen molar-refractivity contribution < 1.29 is 18.7 Å². The summed E-state index contributed by atoms with van der Waals surface area (Å²) in [4.78, 5) is 40.8. The molecule has 0 N–H and O–H groups in total. The molecular weight excluding hydrogens is 403 g/mol. The number of esters is 1. The van der Waals surface area contributed by atoms with Crippen LogP contribution in [0.3, 0.4) is 0 Å². The number of benzene rings is 1. The van der Waals surface area contributed by atoms with Gasteiger partial charge in [-0.2, -0.15) is 0 Å². The normalized spacial score (nSPS) is 10.9. The summed E-state index contributed by atoms with van der Waals surface area (Å²) in [6.07, 6.45) is -0.334. The Balaban J connectivity index is 1.88. The van der Waals surface area contributed by atoms with Crippen LogP contribution in [0.2, 0.25) is 0 Å². The van der Waals surface area contributed by atoms with Crippen LogP contribution < -0.4 is 5.56 Å². The van der Waals surface area contributed by atoms with E-state index in [9.17, 15) is 18.8 Å². The van der Waals surface area contributed by atoms with Crippen LogP contribution in [-0.4, -0.2) is 33.7 Å². The number of fused-ring (bicyclic) bond motifs is 1. The first kappa shape index (κ1) is 20.2. The summed E-state index contributed by atoms with van der Waals surface area (Å²) in [7, 11) is 0. The van der Waals surface area contributed by atoms with Gasteiger partial charge in [0.1, 0.15) is 16.9 Å². The van der Waals surface area contributed by atoms with Crippen molar-refractivity contribution in [3.05, 3.63) is 57.4 Å². The molecule has 0 fully saturated rings. The molecule has 6 nitrogen and oxygen atoms in total. The first-order valence-electron chi connectivity index (χ1n) is 8.51. The van der Waals surface area contributed by atoms with Crippen LogP contribution in [-0.2, 0) is 20.9 Å². The molecular formula is C19H17FN2O4S2. The smallest absolute Gasteiger partial charge is 0.313 e. The van der Waals surface area contributed by atoms with E-state index < -0.39 is 11.8 Å². The minimum atomic E-state index is -0.585. The van der Waals surface area contributed by atoms with Crippen LogP contribution in [0.15, 0.2) is 45.7 Å². The zero-order valence-corrected chi connectivity index (χ0v) is 16.6. The van der Waals surface area contributed by atoms with Crippen molar-refractivity contribution in [2.24, 2.45) is 0 Å². The van der Waals surface area contributed by atoms with E-state index in [0.29, 0.717) is 20.9 Å². The molecule has 0 bridgehead atoms. The first-order chi connectivity index (χ1) is 13.5. The topological polar surface area (TPSA) is 78.3 Å². The minimum Gasteiger partial charge on any atom is -0.466 e. The SMILES string of the molecule is CCOC(=O)CC(=O)CSc1nc2ccsc2c(=O)n1Cc1ccccc1F. The van der Waals surface area contributed by atoms with E-state index in [4.69, 9.17) is 4.74 Å². The molecule has 0 atom stereocenters. The lowest BCUT2D eigenvalue weighted by Crippen LogP contribution is -2.24. The maximum absolute atomic E-state index is 14.1. The zero-order chi connectivity index (χ0) is 20.1. The molecule has 146 valence electrons. The lowest BCUT2D eigenvalue weighted by atomic mass is 10.2. The van der Waals surface area contributed by atoms with Gasteiger partial charge >= 0.3 is 5.97 Å². The number of thioether (sulfide) groups is 1. The Morgan fingerprint density at radius 2 is 2.07 bits per heavy atom. The summed E-state index contributed by atoms with van der Waals surface area (Å²) in [5.41, 5.74) is 0.589. The Hall–Kier alpha value is -2.52. The van der Waals surface area contributed by atoms with Gasteiger partial charge in [-0.15, -0.1) is 11.3 Å². The predicted octanol–water partition coefficient (Wildman–Crippen LogP) is 3.26. The number of carbonyl (C=O) groups excluding carboxylic acids is 2. The molecule has 0 amide bonds. The fraction of sp³-hybridized carbons (Fsp3) is 0.263. The number of aromatic nitrogens is 2. The lowest BCUT2D eigenvalue weighted by molar-refractivity contribution is -0.145. The summed E-state index contributed by atoms with van der Waals surface area (Å²) >= 11 is 2.31. The Labute approximate surface area is 168 Å². The maximum Gasteiger partial charge on any atom is 0.313 e. The van der Waals surface area contributed by atoms with Gasteiger partial charge in [0.05, 0.1) is 24.4 Å². The molecule has 2 heterocycles. The molecule has 0 aliphatic heterocycles. The van der Waals surface area contributed by atoms with E-state index in [-0.39, 0.29) is 36.7 Å². The van der Waals surface area contributed by atoms with Gasteiger partial charge < -0.3 is 4.74 Å². The number of Topliss-reactive ketones (excluding diaryl/α,β-unsaturated/α-hetero) is 1. The molecule has 28 heavy (non-hydrogen) atoms. The van der Waals surface area contributed by atoms with Crippen LogP contribution in [0, 0.1) is 5.82 Å². The molecule has 1 aromatic carbocycles. The molecule has 2 aromatic heterocycles. The number of ketones is 1. The van der Waals surface area contributed by atoms with E-state index in [0.717, 1.165) is 11.8 Å². The molecule has 0 unspecified atom stereocenters. The Morgan fingerprint density at radius 3 is 2.82 bits per heavy atom. The van der Waals surface area contributed by atoms with Crippen LogP contribution in [0.25, 0.3) is 10.2 Å². The quantitative estimate of drug-likeness (QED) is 0.241. The summed E-state index contributed by atoms with van der Waals surface area (Å²) in [5.74, 6) is -1.38. The molecule has 0 aliphatic carbocycles. The number of nitrogens with zero attached hydrogens (tertiary/aromatic N) is 2. The Kier molecular flexibility index (Phi) is 6.58. The largest absolute Gasteiger partial charge is 0.466 e. The first-order valence-corrected chi connectivity index (χ1v) is 10.4. The third kappa shape index (κ3) is 4.66. The number of thiophene rings is 1. The lowest BCUT2D eigenvalue weighted by Gasteiger charge is -2.12. The van der Waals surface area contributed by atoms with E-state index in [1.54, 1.807) is 36.6 Å². The fourth-order valence-corrected chi connectivity index (χ4v) is 4.18. The highest BCUT2D eigenvalue weighted by molar-refractivity contribution is 7.99. The van der Waals surface area contributed by atoms with Crippen molar-refractivity contribution in [1.29, 1.82) is 0 Å². The van der Waals surface area contributed by atoms with Gasteiger partial charge in [0.15, 0.2) is 10.9 Å². The summed E-state index contributed by atoms with van der Waals surface area (Å²) < 4.78 is 20.7. The molecule has 0 aliphatic rings. The average Bonchev–Trinajstić information content (AvgIpc) is 3.13. The van der Waals surface area contributed by atoms with E-state index >= 15 is 0 Å². The van der Waals surface area contributed by atoms with Crippen molar-refractivity contribution in [3.63, 3.8) is 0 Å². The van der Waals surface area contributed by atoms with Gasteiger partial charge in [0.2, 0.25) is 0 Å². The maximum atomic E-state index is 14.1. The van der Waals surface area contributed by atoms with Gasteiger partial charge in [0.25, 0.3) is 5.56 Å². The summed E-state index contributed by atoms with van der Waals surface area (Å²) in [6.45, 7) is 1.87. The Morgan fingerprint density at radius 1 is 1.29 bits per heavy atom. The van der Waals surface area contributed by atoms with Crippen molar-refractivity contribution in [2.75, 3.05) is 12.4 Å². The molecule has 0 spiro atoms. The number of rotatable bonds is 8.